The zero-order valence-electron chi connectivity index (χ0n) is 12.0. The van der Waals surface area contributed by atoms with Crippen LogP contribution < -0.4 is 5.32 Å². The molecule has 1 aliphatic carbocycles. The molecule has 3 heteroatoms. The molecule has 0 aromatic heterocycles. The molecule has 104 valence electrons. The molecule has 2 rings (SSSR count). The van der Waals surface area contributed by atoms with Gasteiger partial charge in [0.25, 0.3) is 0 Å². The fourth-order valence-electron chi connectivity index (χ4n) is 2.59. The van der Waals surface area contributed by atoms with Crippen molar-refractivity contribution in [2.24, 2.45) is 0 Å². The molecule has 0 aliphatic heterocycles. The summed E-state index contributed by atoms with van der Waals surface area (Å²) in [7, 11) is 0. The van der Waals surface area contributed by atoms with Gasteiger partial charge in [-0.15, -0.1) is 0 Å². The maximum atomic E-state index is 12.5. The molecule has 1 aliphatic rings. The van der Waals surface area contributed by atoms with Crippen molar-refractivity contribution in [1.82, 2.24) is 5.32 Å². The van der Waals surface area contributed by atoms with E-state index in [1.165, 1.54) is 5.56 Å². The van der Waals surface area contributed by atoms with Gasteiger partial charge in [-0.25, -0.2) is 0 Å². The van der Waals surface area contributed by atoms with Gasteiger partial charge < -0.3 is 10.4 Å². The summed E-state index contributed by atoms with van der Waals surface area (Å²) in [4.78, 5) is 12.5. The van der Waals surface area contributed by atoms with Crippen LogP contribution in [0.1, 0.15) is 44.2 Å². The van der Waals surface area contributed by atoms with Crippen LogP contribution in [0.4, 0.5) is 0 Å². The van der Waals surface area contributed by atoms with Gasteiger partial charge in [-0.1, -0.05) is 36.2 Å². The number of aryl methyl sites for hydroxylation is 1. The summed E-state index contributed by atoms with van der Waals surface area (Å²) in [6.07, 6.45) is 2.88. The molecule has 0 spiro atoms. The Labute approximate surface area is 115 Å². The van der Waals surface area contributed by atoms with E-state index in [4.69, 9.17) is 0 Å². The molecular weight excluding hydrogens is 238 g/mol. The fourth-order valence-corrected chi connectivity index (χ4v) is 2.59. The van der Waals surface area contributed by atoms with Crippen LogP contribution in [0.3, 0.4) is 0 Å². The molecule has 1 aromatic rings. The second kappa shape index (κ2) is 4.97. The summed E-state index contributed by atoms with van der Waals surface area (Å²) in [5.74, 6) is 0.0477. The van der Waals surface area contributed by atoms with Gasteiger partial charge in [0.2, 0.25) is 5.91 Å². The van der Waals surface area contributed by atoms with Crippen molar-refractivity contribution < 1.29 is 9.90 Å². The molecule has 0 radical (unpaired) electrons. The van der Waals surface area contributed by atoms with Crippen LogP contribution >= 0.6 is 0 Å². The van der Waals surface area contributed by atoms with E-state index in [1.54, 1.807) is 13.8 Å². The Bertz CT molecular complexity index is 470. The van der Waals surface area contributed by atoms with Crippen molar-refractivity contribution in [3.63, 3.8) is 0 Å². The van der Waals surface area contributed by atoms with Crippen molar-refractivity contribution in [2.45, 2.75) is 51.0 Å². The number of nitrogens with one attached hydrogen (secondary N) is 1. The third-order valence-electron chi connectivity index (χ3n) is 3.89. The standard InChI is InChI=1S/C16H23NO2/c1-12-6-4-7-13(10-12)16(8-5-9-16)14(18)17-11-15(2,3)19/h4,6-7,10,19H,5,8-9,11H2,1-3H3,(H,17,18). The van der Waals surface area contributed by atoms with E-state index in [9.17, 15) is 9.90 Å². The lowest BCUT2D eigenvalue weighted by molar-refractivity contribution is -0.131. The van der Waals surface area contributed by atoms with Crippen LogP contribution in [0.5, 0.6) is 0 Å². The Kier molecular flexibility index (Phi) is 3.68. The van der Waals surface area contributed by atoms with Crippen molar-refractivity contribution in [2.75, 3.05) is 6.54 Å². The molecule has 1 aromatic carbocycles. The van der Waals surface area contributed by atoms with Gasteiger partial charge in [-0.2, -0.15) is 0 Å². The van der Waals surface area contributed by atoms with Crippen LogP contribution in [0, 0.1) is 6.92 Å². The summed E-state index contributed by atoms with van der Waals surface area (Å²) >= 11 is 0. The van der Waals surface area contributed by atoms with Gasteiger partial charge in [0.1, 0.15) is 0 Å². The number of rotatable bonds is 4. The fraction of sp³-hybridized carbons (Fsp3) is 0.562. The Morgan fingerprint density at radius 1 is 1.42 bits per heavy atom. The summed E-state index contributed by atoms with van der Waals surface area (Å²) in [5.41, 5.74) is 1.04. The van der Waals surface area contributed by atoms with Gasteiger partial charge in [0.05, 0.1) is 11.0 Å². The normalized spacial score (nSPS) is 17.7. The number of carbonyl (C=O) groups is 1. The average Bonchev–Trinajstić information content (AvgIpc) is 2.24. The quantitative estimate of drug-likeness (QED) is 0.873. The van der Waals surface area contributed by atoms with E-state index in [-0.39, 0.29) is 11.3 Å². The molecule has 19 heavy (non-hydrogen) atoms. The molecule has 1 fully saturated rings. The molecule has 0 bridgehead atoms. The van der Waals surface area contributed by atoms with Crippen molar-refractivity contribution >= 4 is 5.91 Å². The minimum absolute atomic E-state index is 0.0477. The zero-order chi connectivity index (χ0) is 14.1. The lowest BCUT2D eigenvalue weighted by Gasteiger charge is -2.41. The lowest BCUT2D eigenvalue weighted by Crippen LogP contribution is -2.52. The van der Waals surface area contributed by atoms with Gasteiger partial charge >= 0.3 is 0 Å². The van der Waals surface area contributed by atoms with E-state index >= 15 is 0 Å². The van der Waals surface area contributed by atoms with E-state index in [0.29, 0.717) is 6.54 Å². The molecule has 0 atom stereocenters. The third-order valence-corrected chi connectivity index (χ3v) is 3.89. The largest absolute Gasteiger partial charge is 0.389 e. The second-order valence-electron chi connectivity index (χ2n) is 6.30. The highest BCUT2D eigenvalue weighted by Crippen LogP contribution is 2.44. The Hall–Kier alpha value is -1.35. The van der Waals surface area contributed by atoms with Crippen LogP contribution in [0.2, 0.25) is 0 Å². The second-order valence-corrected chi connectivity index (χ2v) is 6.30. The molecule has 1 amide bonds. The first kappa shape index (κ1) is 14.1. The predicted octanol–water partition coefficient (Wildman–Crippen LogP) is 2.30. The van der Waals surface area contributed by atoms with Gasteiger partial charge in [0, 0.05) is 6.54 Å². The highest BCUT2D eigenvalue weighted by molar-refractivity contribution is 5.89. The molecule has 1 saturated carbocycles. The zero-order valence-corrected chi connectivity index (χ0v) is 12.0. The first-order chi connectivity index (χ1) is 8.83. The number of carbonyl (C=O) groups excluding carboxylic acids is 1. The first-order valence-electron chi connectivity index (χ1n) is 6.91. The van der Waals surface area contributed by atoms with E-state index in [2.05, 4.69) is 11.4 Å². The monoisotopic (exact) mass is 261 g/mol. The Morgan fingerprint density at radius 2 is 2.11 bits per heavy atom. The van der Waals surface area contributed by atoms with Crippen LogP contribution in [0.15, 0.2) is 24.3 Å². The summed E-state index contributed by atoms with van der Waals surface area (Å²) in [5, 5.41) is 12.6. The number of hydrogen-bond donors (Lipinski definition) is 2. The topological polar surface area (TPSA) is 49.3 Å². The van der Waals surface area contributed by atoms with Crippen LogP contribution in [0.25, 0.3) is 0 Å². The average molecular weight is 261 g/mol. The molecule has 3 nitrogen and oxygen atoms in total. The van der Waals surface area contributed by atoms with E-state index in [0.717, 1.165) is 24.8 Å². The van der Waals surface area contributed by atoms with Crippen LogP contribution in [-0.4, -0.2) is 23.2 Å². The number of aliphatic hydroxyl groups is 1. The van der Waals surface area contributed by atoms with Crippen molar-refractivity contribution in [3.05, 3.63) is 35.4 Å². The minimum Gasteiger partial charge on any atom is -0.389 e. The first-order valence-corrected chi connectivity index (χ1v) is 6.91. The van der Waals surface area contributed by atoms with Crippen molar-refractivity contribution in [1.29, 1.82) is 0 Å². The summed E-state index contributed by atoms with van der Waals surface area (Å²) < 4.78 is 0. The molecule has 0 saturated heterocycles. The number of benzene rings is 1. The predicted molar refractivity (Wildman–Crippen MR) is 76.0 cm³/mol. The van der Waals surface area contributed by atoms with Gasteiger partial charge in [-0.3, -0.25) is 4.79 Å². The maximum absolute atomic E-state index is 12.5. The van der Waals surface area contributed by atoms with Crippen molar-refractivity contribution in [3.8, 4) is 0 Å². The smallest absolute Gasteiger partial charge is 0.230 e. The number of amides is 1. The summed E-state index contributed by atoms with van der Waals surface area (Å²) in [6.45, 7) is 5.74. The lowest BCUT2D eigenvalue weighted by atomic mass is 9.63. The highest BCUT2D eigenvalue weighted by atomic mass is 16.3. The van der Waals surface area contributed by atoms with Gasteiger partial charge in [-0.05, 0) is 39.2 Å². The van der Waals surface area contributed by atoms with Gasteiger partial charge in [0.15, 0.2) is 0 Å². The number of hydrogen-bond acceptors (Lipinski definition) is 2. The molecule has 0 unspecified atom stereocenters. The molecule has 2 N–H and O–H groups in total. The minimum atomic E-state index is -0.868. The summed E-state index contributed by atoms with van der Waals surface area (Å²) in [6, 6.07) is 8.19. The van der Waals surface area contributed by atoms with E-state index in [1.807, 2.05) is 25.1 Å². The van der Waals surface area contributed by atoms with Crippen LogP contribution in [-0.2, 0) is 10.2 Å². The van der Waals surface area contributed by atoms with E-state index < -0.39 is 5.60 Å². The third kappa shape index (κ3) is 2.98. The molecular formula is C16H23NO2. The Morgan fingerprint density at radius 3 is 2.58 bits per heavy atom. The highest BCUT2D eigenvalue weighted by Gasteiger charge is 2.45. The maximum Gasteiger partial charge on any atom is 0.230 e. The molecule has 0 heterocycles. The SMILES string of the molecule is Cc1cccc(C2(C(=O)NCC(C)(C)O)CCC2)c1. The Balaban J connectivity index is 2.16.